The zero-order chi connectivity index (χ0) is 9.69. The Kier molecular flexibility index (Phi) is 1.58. The van der Waals surface area contributed by atoms with E-state index in [1.807, 2.05) is 6.92 Å². The molecular weight excluding hydrogens is 166 g/mol. The fourth-order valence-electron chi connectivity index (χ4n) is 2.27. The third kappa shape index (κ3) is 1.18. The van der Waals surface area contributed by atoms with E-state index in [1.165, 1.54) is 0 Å². The molecule has 0 aromatic rings. The van der Waals surface area contributed by atoms with Crippen molar-refractivity contribution in [3.05, 3.63) is 12.2 Å². The van der Waals surface area contributed by atoms with Crippen LogP contribution in [-0.4, -0.2) is 22.7 Å². The third-order valence-corrected chi connectivity index (χ3v) is 3.40. The molecule has 1 saturated heterocycles. The fourth-order valence-corrected chi connectivity index (χ4v) is 2.27. The van der Waals surface area contributed by atoms with Crippen molar-refractivity contribution in [2.24, 2.45) is 5.41 Å². The average molecular weight is 181 g/mol. The molecule has 3 heteroatoms. The van der Waals surface area contributed by atoms with Gasteiger partial charge in [-0.15, -0.1) is 0 Å². The summed E-state index contributed by atoms with van der Waals surface area (Å²) in [5, 5.41) is 12.2. The normalized spacial score (nSPS) is 48.0. The fraction of sp³-hybridized carbons (Fsp3) is 0.700. The minimum Gasteiger partial charge on any atom is -0.480 e. The van der Waals surface area contributed by atoms with Crippen LogP contribution < -0.4 is 5.32 Å². The summed E-state index contributed by atoms with van der Waals surface area (Å²) < 4.78 is 0. The van der Waals surface area contributed by atoms with Gasteiger partial charge in [0.1, 0.15) is 6.04 Å². The molecule has 13 heavy (non-hydrogen) atoms. The number of aliphatic carboxylic acids is 1. The molecule has 3 rings (SSSR count). The third-order valence-electron chi connectivity index (χ3n) is 3.40. The molecule has 0 spiro atoms. The number of hydrogen-bond acceptors (Lipinski definition) is 2. The highest BCUT2D eigenvalue weighted by Crippen LogP contribution is 2.43. The van der Waals surface area contributed by atoms with E-state index >= 15 is 0 Å². The number of carboxylic acid groups (broad SMARTS) is 1. The minimum atomic E-state index is -0.738. The van der Waals surface area contributed by atoms with Crippen LogP contribution in [0.5, 0.6) is 0 Å². The molecular formula is C10H15NO2. The molecule has 0 amide bonds. The van der Waals surface area contributed by atoms with E-state index in [0.717, 1.165) is 12.8 Å². The van der Waals surface area contributed by atoms with Crippen LogP contribution in [0.25, 0.3) is 0 Å². The van der Waals surface area contributed by atoms with Crippen molar-refractivity contribution in [1.82, 2.24) is 5.32 Å². The zero-order valence-corrected chi connectivity index (χ0v) is 8.00. The SMILES string of the molecule is CC12C=CC(C)(CC1)C(C(=O)O)N2. The maximum absolute atomic E-state index is 11.0. The molecule has 3 atom stereocenters. The summed E-state index contributed by atoms with van der Waals surface area (Å²) in [7, 11) is 0. The molecule has 2 heterocycles. The van der Waals surface area contributed by atoms with Crippen LogP contribution in [0.2, 0.25) is 0 Å². The van der Waals surface area contributed by atoms with Crippen LogP contribution in [0.15, 0.2) is 12.2 Å². The number of rotatable bonds is 1. The van der Waals surface area contributed by atoms with Crippen molar-refractivity contribution in [3.63, 3.8) is 0 Å². The standard InChI is InChI=1S/C10H15NO2/c1-9-3-5-10(2,6-4-9)11-7(9)8(12)13/h3,5,7,11H,4,6H2,1-2H3,(H,12,13). The molecule has 2 N–H and O–H groups in total. The van der Waals surface area contributed by atoms with Gasteiger partial charge in [0.05, 0.1) is 0 Å². The lowest BCUT2D eigenvalue weighted by molar-refractivity contribution is -0.144. The number of nitrogens with one attached hydrogen (secondary N) is 1. The summed E-state index contributed by atoms with van der Waals surface area (Å²) in [6, 6.07) is -0.420. The van der Waals surface area contributed by atoms with Gasteiger partial charge < -0.3 is 5.11 Å². The van der Waals surface area contributed by atoms with Gasteiger partial charge >= 0.3 is 5.97 Å². The van der Waals surface area contributed by atoms with E-state index < -0.39 is 12.0 Å². The lowest BCUT2D eigenvalue weighted by Gasteiger charge is -2.50. The first kappa shape index (κ1) is 8.75. The predicted octanol–water partition coefficient (Wildman–Crippen LogP) is 1.16. The van der Waals surface area contributed by atoms with Crippen LogP contribution in [0, 0.1) is 5.41 Å². The largest absolute Gasteiger partial charge is 0.480 e. The summed E-state index contributed by atoms with van der Waals surface area (Å²) in [6.07, 6.45) is 6.16. The highest BCUT2D eigenvalue weighted by Gasteiger charge is 2.49. The number of piperidine rings is 1. The van der Waals surface area contributed by atoms with Crippen LogP contribution in [0.4, 0.5) is 0 Å². The first-order valence-corrected chi connectivity index (χ1v) is 4.66. The molecule has 2 bridgehead atoms. The topological polar surface area (TPSA) is 49.3 Å². The van der Waals surface area contributed by atoms with Crippen molar-refractivity contribution in [3.8, 4) is 0 Å². The summed E-state index contributed by atoms with van der Waals surface area (Å²) in [4.78, 5) is 11.0. The molecule has 3 unspecified atom stereocenters. The Bertz CT molecular complexity index is 287. The number of hydrogen-bond donors (Lipinski definition) is 2. The van der Waals surface area contributed by atoms with Crippen LogP contribution >= 0.6 is 0 Å². The first-order chi connectivity index (χ1) is 5.95. The van der Waals surface area contributed by atoms with Gasteiger partial charge in [0.15, 0.2) is 0 Å². The molecule has 0 aromatic carbocycles. The van der Waals surface area contributed by atoms with Gasteiger partial charge in [0.25, 0.3) is 0 Å². The van der Waals surface area contributed by atoms with Crippen molar-refractivity contribution >= 4 is 5.97 Å². The number of carbonyl (C=O) groups is 1. The van der Waals surface area contributed by atoms with Crippen molar-refractivity contribution < 1.29 is 9.90 Å². The quantitative estimate of drug-likeness (QED) is 0.597. The summed E-state index contributed by atoms with van der Waals surface area (Å²) in [6.45, 7) is 4.06. The Balaban J connectivity index is 2.37. The van der Waals surface area contributed by atoms with Gasteiger partial charge in [-0.2, -0.15) is 0 Å². The molecule has 0 saturated carbocycles. The highest BCUT2D eigenvalue weighted by molar-refractivity contribution is 5.76. The first-order valence-electron chi connectivity index (χ1n) is 4.66. The lowest BCUT2D eigenvalue weighted by atomic mass is 9.65. The Hall–Kier alpha value is -0.830. The van der Waals surface area contributed by atoms with E-state index in [-0.39, 0.29) is 11.0 Å². The van der Waals surface area contributed by atoms with E-state index in [0.29, 0.717) is 0 Å². The molecule has 1 fully saturated rings. The van der Waals surface area contributed by atoms with Gasteiger partial charge in [-0.3, -0.25) is 10.1 Å². The Morgan fingerprint density at radius 3 is 2.54 bits per heavy atom. The Morgan fingerprint density at radius 1 is 1.46 bits per heavy atom. The summed E-state index contributed by atoms with van der Waals surface area (Å²) >= 11 is 0. The number of carboxylic acids is 1. The van der Waals surface area contributed by atoms with E-state index in [4.69, 9.17) is 5.11 Å². The predicted molar refractivity (Wildman–Crippen MR) is 49.4 cm³/mol. The number of fused-ring (bicyclic) bond motifs is 2. The smallest absolute Gasteiger partial charge is 0.321 e. The summed E-state index contributed by atoms with van der Waals surface area (Å²) in [5.74, 6) is -0.738. The second-order valence-electron chi connectivity index (χ2n) is 4.67. The van der Waals surface area contributed by atoms with Crippen molar-refractivity contribution in [2.45, 2.75) is 38.3 Å². The van der Waals surface area contributed by atoms with Crippen molar-refractivity contribution in [1.29, 1.82) is 0 Å². The molecule has 3 nitrogen and oxygen atoms in total. The Labute approximate surface area is 77.8 Å². The van der Waals surface area contributed by atoms with Crippen molar-refractivity contribution in [2.75, 3.05) is 0 Å². The molecule has 2 aliphatic heterocycles. The molecule has 3 aliphatic rings. The van der Waals surface area contributed by atoms with Gasteiger partial charge in [-0.1, -0.05) is 19.1 Å². The monoisotopic (exact) mass is 181 g/mol. The van der Waals surface area contributed by atoms with E-state index in [9.17, 15) is 4.79 Å². The lowest BCUT2D eigenvalue weighted by Crippen LogP contribution is -2.63. The van der Waals surface area contributed by atoms with Crippen LogP contribution in [-0.2, 0) is 4.79 Å². The van der Waals surface area contributed by atoms with Crippen LogP contribution in [0.1, 0.15) is 26.7 Å². The maximum Gasteiger partial charge on any atom is 0.321 e. The van der Waals surface area contributed by atoms with Gasteiger partial charge in [-0.25, -0.2) is 0 Å². The second kappa shape index (κ2) is 2.35. The average Bonchev–Trinajstić information content (AvgIpc) is 2.07. The highest BCUT2D eigenvalue weighted by atomic mass is 16.4. The van der Waals surface area contributed by atoms with Gasteiger partial charge in [0, 0.05) is 11.0 Å². The van der Waals surface area contributed by atoms with E-state index in [1.54, 1.807) is 0 Å². The molecule has 0 aromatic heterocycles. The van der Waals surface area contributed by atoms with Gasteiger partial charge in [-0.05, 0) is 19.8 Å². The van der Waals surface area contributed by atoms with Crippen LogP contribution in [0.3, 0.4) is 0 Å². The Morgan fingerprint density at radius 2 is 2.15 bits per heavy atom. The minimum absolute atomic E-state index is 0.0964. The second-order valence-corrected chi connectivity index (χ2v) is 4.67. The molecule has 72 valence electrons. The summed E-state index contributed by atoms with van der Waals surface area (Å²) in [5.41, 5.74) is -0.287. The van der Waals surface area contributed by atoms with E-state index in [2.05, 4.69) is 24.4 Å². The molecule has 0 radical (unpaired) electrons. The zero-order valence-electron chi connectivity index (χ0n) is 8.00. The maximum atomic E-state index is 11.0. The molecule has 1 aliphatic carbocycles. The van der Waals surface area contributed by atoms with Gasteiger partial charge in [0.2, 0.25) is 0 Å².